The molecule has 1 aromatic heterocycles. The minimum absolute atomic E-state index is 0.0727. The molecule has 0 saturated carbocycles. The first-order chi connectivity index (χ1) is 16.5. The number of hydrogen-bond donors (Lipinski definition) is 0. The molecule has 178 valence electrons. The molecule has 1 unspecified atom stereocenters. The van der Waals surface area contributed by atoms with E-state index in [-0.39, 0.29) is 12.0 Å². The number of rotatable bonds is 8. The fraction of sp³-hybridized carbons (Fsp3) is 0.385. The number of unbranched alkanes of at least 4 members (excludes halogenated alkanes) is 2. The fourth-order valence-corrected chi connectivity index (χ4v) is 4.61. The number of hydrogen-bond acceptors (Lipinski definition) is 7. The number of fused-ring (bicyclic) bond motifs is 3. The molecule has 0 N–H and O–H groups in total. The van der Waals surface area contributed by atoms with Crippen LogP contribution in [0.5, 0.6) is 11.6 Å². The summed E-state index contributed by atoms with van der Waals surface area (Å²) in [5, 5.41) is 9.38. The molecule has 0 fully saturated rings. The van der Waals surface area contributed by atoms with Gasteiger partial charge in [0, 0.05) is 23.8 Å². The second-order valence-electron chi connectivity index (χ2n) is 8.42. The summed E-state index contributed by atoms with van der Waals surface area (Å²) in [4.78, 5) is 19.2. The Morgan fingerprint density at radius 1 is 1.12 bits per heavy atom. The highest BCUT2D eigenvalue weighted by molar-refractivity contribution is 7.99. The van der Waals surface area contributed by atoms with Gasteiger partial charge in [-0.2, -0.15) is 4.98 Å². The second kappa shape index (κ2) is 10.9. The van der Waals surface area contributed by atoms with E-state index in [2.05, 4.69) is 17.1 Å². The first-order valence-corrected chi connectivity index (χ1v) is 12.7. The quantitative estimate of drug-likeness (QED) is 0.288. The summed E-state index contributed by atoms with van der Waals surface area (Å²) in [7, 11) is 0. The van der Waals surface area contributed by atoms with E-state index < -0.39 is 6.23 Å². The number of nitrogens with zero attached hydrogens (tertiary/aromatic N) is 4. The van der Waals surface area contributed by atoms with Crippen molar-refractivity contribution in [3.8, 4) is 22.9 Å². The van der Waals surface area contributed by atoms with Crippen molar-refractivity contribution < 1.29 is 14.3 Å². The van der Waals surface area contributed by atoms with Gasteiger partial charge in [-0.1, -0.05) is 49.7 Å². The summed E-state index contributed by atoms with van der Waals surface area (Å²) in [5.74, 6) is 1.91. The molecule has 8 heteroatoms. The highest BCUT2D eigenvalue weighted by atomic mass is 32.2. The monoisotopic (exact) mass is 478 g/mol. The molecule has 7 nitrogen and oxygen atoms in total. The molecule has 34 heavy (non-hydrogen) atoms. The van der Waals surface area contributed by atoms with Gasteiger partial charge in [0.1, 0.15) is 5.75 Å². The minimum Gasteiger partial charge on any atom is -0.491 e. The molecule has 1 aliphatic rings. The first-order valence-electron chi connectivity index (χ1n) is 11.7. The Balaban J connectivity index is 1.75. The highest BCUT2D eigenvalue weighted by Crippen LogP contribution is 2.43. The zero-order chi connectivity index (χ0) is 24.1. The molecule has 2 aromatic carbocycles. The van der Waals surface area contributed by atoms with Gasteiger partial charge in [0.2, 0.25) is 23.2 Å². The Bertz CT molecular complexity index is 1140. The summed E-state index contributed by atoms with van der Waals surface area (Å²) < 4.78 is 12.2. The van der Waals surface area contributed by atoms with E-state index in [0.29, 0.717) is 22.4 Å². The van der Waals surface area contributed by atoms with E-state index in [0.717, 1.165) is 35.5 Å². The summed E-state index contributed by atoms with van der Waals surface area (Å²) in [5.41, 5.74) is 2.81. The van der Waals surface area contributed by atoms with Crippen LogP contribution in [0.4, 0.5) is 5.69 Å². The van der Waals surface area contributed by atoms with E-state index in [1.807, 2.05) is 62.4 Å². The maximum Gasteiger partial charge on any atom is 0.247 e. The lowest BCUT2D eigenvalue weighted by molar-refractivity contribution is -0.118. The molecule has 1 atom stereocenters. The average molecular weight is 479 g/mol. The summed E-state index contributed by atoms with van der Waals surface area (Å²) in [6.07, 6.45) is 2.79. The standard InChI is InChI=1S/C26H30N4O3S/c1-5-6-9-16-34-26-27-24-23(28-29-26)21-10-7-8-11-22(21)30(18(4)31)25(33-24)19-12-14-20(15-13-19)32-17(2)3/h7-8,10-15,17,25H,5-6,9,16H2,1-4H3. The number of amides is 1. The maximum absolute atomic E-state index is 12.9. The van der Waals surface area contributed by atoms with Crippen LogP contribution in [0.25, 0.3) is 11.3 Å². The van der Waals surface area contributed by atoms with Crippen LogP contribution < -0.4 is 14.4 Å². The lowest BCUT2D eigenvalue weighted by atomic mass is 10.1. The van der Waals surface area contributed by atoms with Crippen LogP contribution in [0.2, 0.25) is 0 Å². The van der Waals surface area contributed by atoms with E-state index in [1.165, 1.54) is 13.3 Å². The smallest absolute Gasteiger partial charge is 0.247 e. The second-order valence-corrected chi connectivity index (χ2v) is 9.48. The van der Waals surface area contributed by atoms with E-state index in [9.17, 15) is 4.79 Å². The molecule has 1 amide bonds. The zero-order valence-electron chi connectivity index (χ0n) is 20.0. The van der Waals surface area contributed by atoms with Crippen LogP contribution in [-0.4, -0.2) is 32.9 Å². The van der Waals surface area contributed by atoms with Crippen molar-refractivity contribution >= 4 is 23.4 Å². The lowest BCUT2D eigenvalue weighted by Gasteiger charge is -2.30. The molecule has 0 spiro atoms. The van der Waals surface area contributed by atoms with Crippen LogP contribution in [0.1, 0.15) is 58.7 Å². The van der Waals surface area contributed by atoms with Gasteiger partial charge in [0.05, 0.1) is 11.8 Å². The number of benzene rings is 2. The number of carbonyl (C=O) groups excluding carboxylic acids is 1. The Kier molecular flexibility index (Phi) is 7.67. The molecule has 1 aliphatic heterocycles. The largest absolute Gasteiger partial charge is 0.491 e. The predicted octanol–water partition coefficient (Wildman–Crippen LogP) is 6.05. The Labute approximate surface area is 204 Å². The van der Waals surface area contributed by atoms with Crippen LogP contribution in [0, 0.1) is 0 Å². The molecule has 0 radical (unpaired) electrons. The van der Waals surface area contributed by atoms with Gasteiger partial charge in [-0.25, -0.2) is 0 Å². The van der Waals surface area contributed by atoms with Gasteiger partial charge in [-0.3, -0.25) is 9.69 Å². The Morgan fingerprint density at radius 3 is 2.59 bits per heavy atom. The van der Waals surface area contributed by atoms with Gasteiger partial charge in [0.15, 0.2) is 5.69 Å². The van der Waals surface area contributed by atoms with E-state index in [1.54, 1.807) is 16.7 Å². The van der Waals surface area contributed by atoms with E-state index in [4.69, 9.17) is 14.5 Å². The SMILES string of the molecule is CCCCCSc1nnc2c(n1)OC(c1ccc(OC(C)C)cc1)N(C(C)=O)c1ccccc1-2. The normalized spacial score (nSPS) is 14.7. The van der Waals surface area contributed by atoms with Gasteiger partial charge in [-0.05, 0) is 50.6 Å². The molecule has 3 aromatic rings. The van der Waals surface area contributed by atoms with Crippen LogP contribution in [0.15, 0.2) is 53.7 Å². The molecule has 0 aliphatic carbocycles. The van der Waals surface area contributed by atoms with Gasteiger partial charge < -0.3 is 9.47 Å². The molecule has 2 heterocycles. The van der Waals surface area contributed by atoms with Crippen LogP contribution >= 0.6 is 11.8 Å². The van der Waals surface area contributed by atoms with Crippen molar-refractivity contribution in [1.29, 1.82) is 0 Å². The number of carbonyl (C=O) groups is 1. The van der Waals surface area contributed by atoms with Crippen LogP contribution in [0.3, 0.4) is 0 Å². The van der Waals surface area contributed by atoms with Crippen molar-refractivity contribution in [2.24, 2.45) is 0 Å². The third-order valence-electron chi connectivity index (χ3n) is 5.37. The molecular weight excluding hydrogens is 448 g/mol. The topological polar surface area (TPSA) is 77.4 Å². The fourth-order valence-electron chi connectivity index (χ4n) is 3.83. The Morgan fingerprint density at radius 2 is 1.88 bits per heavy atom. The summed E-state index contributed by atoms with van der Waals surface area (Å²) >= 11 is 1.57. The molecule has 4 rings (SSSR count). The summed E-state index contributed by atoms with van der Waals surface area (Å²) in [6.45, 7) is 7.68. The van der Waals surface area contributed by atoms with Crippen molar-refractivity contribution in [1.82, 2.24) is 15.2 Å². The third-order valence-corrected chi connectivity index (χ3v) is 6.29. The third kappa shape index (κ3) is 5.33. The number of anilines is 1. The van der Waals surface area contributed by atoms with Gasteiger partial charge in [0.25, 0.3) is 0 Å². The number of thioether (sulfide) groups is 1. The highest BCUT2D eigenvalue weighted by Gasteiger charge is 2.34. The minimum atomic E-state index is -0.706. The molecular formula is C26H30N4O3S. The number of aromatic nitrogens is 3. The molecule has 0 saturated heterocycles. The van der Waals surface area contributed by atoms with Gasteiger partial charge in [-0.15, -0.1) is 10.2 Å². The predicted molar refractivity (Wildman–Crippen MR) is 134 cm³/mol. The lowest BCUT2D eigenvalue weighted by Crippen LogP contribution is -2.36. The molecule has 0 bridgehead atoms. The average Bonchev–Trinajstić information content (AvgIpc) is 2.96. The van der Waals surface area contributed by atoms with Crippen molar-refractivity contribution in [2.45, 2.75) is 64.4 Å². The van der Waals surface area contributed by atoms with Crippen molar-refractivity contribution in [3.05, 3.63) is 54.1 Å². The number of ether oxygens (including phenoxy) is 2. The van der Waals surface area contributed by atoms with Gasteiger partial charge >= 0.3 is 0 Å². The number of para-hydroxylation sites is 1. The first kappa shape index (κ1) is 24.0. The zero-order valence-corrected chi connectivity index (χ0v) is 20.8. The van der Waals surface area contributed by atoms with E-state index >= 15 is 0 Å². The maximum atomic E-state index is 12.9. The van der Waals surface area contributed by atoms with Crippen molar-refractivity contribution in [3.63, 3.8) is 0 Å². The van der Waals surface area contributed by atoms with Crippen molar-refractivity contribution in [2.75, 3.05) is 10.7 Å². The van der Waals surface area contributed by atoms with Crippen LogP contribution in [-0.2, 0) is 4.79 Å². The Hall–Kier alpha value is -3.13. The summed E-state index contributed by atoms with van der Waals surface area (Å²) in [6, 6.07) is 15.2.